The normalized spacial score (nSPS) is 12.4. The Balaban J connectivity index is 1.66. The maximum Gasteiger partial charge on any atom is 0.227 e. The van der Waals surface area contributed by atoms with Crippen LogP contribution in [-0.2, 0) is 17.8 Å². The summed E-state index contributed by atoms with van der Waals surface area (Å²) in [6.45, 7) is 7.63. The van der Waals surface area contributed by atoms with Crippen molar-refractivity contribution >= 4 is 0 Å². The Bertz CT molecular complexity index is 1160. The number of aromatic nitrogens is 2. The van der Waals surface area contributed by atoms with Crippen molar-refractivity contribution in [2.75, 3.05) is 13.2 Å². The Morgan fingerprint density at radius 3 is 2.34 bits per heavy atom. The predicted molar refractivity (Wildman–Crippen MR) is 135 cm³/mol. The molecular weight excluding hydrogens is 442 g/mol. The van der Waals surface area contributed by atoms with Crippen molar-refractivity contribution in [3.63, 3.8) is 0 Å². The van der Waals surface area contributed by atoms with E-state index in [2.05, 4.69) is 4.90 Å². The van der Waals surface area contributed by atoms with Crippen LogP contribution in [-0.4, -0.2) is 45.1 Å². The van der Waals surface area contributed by atoms with Crippen LogP contribution in [0.25, 0.3) is 5.69 Å². The van der Waals surface area contributed by atoms with E-state index in [0.717, 1.165) is 28.5 Å². The summed E-state index contributed by atoms with van der Waals surface area (Å²) in [5, 5.41) is 15.5. The van der Waals surface area contributed by atoms with Gasteiger partial charge in [0, 0.05) is 13.1 Å². The van der Waals surface area contributed by atoms with Crippen molar-refractivity contribution < 1.29 is 19.0 Å². The molecule has 2 aromatic carbocycles. The van der Waals surface area contributed by atoms with E-state index in [1.165, 1.54) is 0 Å². The molecule has 0 amide bonds. The van der Waals surface area contributed by atoms with Crippen LogP contribution in [0.4, 0.5) is 0 Å². The van der Waals surface area contributed by atoms with Gasteiger partial charge in [0.05, 0.1) is 48.6 Å². The van der Waals surface area contributed by atoms with Crippen molar-refractivity contribution in [1.82, 2.24) is 14.7 Å². The van der Waals surface area contributed by atoms with Crippen molar-refractivity contribution in [3.05, 3.63) is 96.1 Å². The number of nitrogens with zero attached hydrogens (tertiary/aromatic N) is 3. The summed E-state index contributed by atoms with van der Waals surface area (Å²) in [7, 11) is 0. The zero-order valence-electron chi connectivity index (χ0n) is 20.5. The Labute approximate surface area is 206 Å². The lowest BCUT2D eigenvalue weighted by atomic mass is 10.2. The molecule has 2 heterocycles. The van der Waals surface area contributed by atoms with Crippen molar-refractivity contribution in [3.8, 4) is 17.3 Å². The minimum Gasteiger partial charge on any atom is -0.468 e. The molecule has 0 radical (unpaired) electrons. The quantitative estimate of drug-likeness (QED) is 0.298. The zero-order chi connectivity index (χ0) is 24.6. The number of ether oxygens (including phenoxy) is 2. The Kier molecular flexibility index (Phi) is 8.36. The number of benzene rings is 2. The SMILES string of the molecule is Cc1nn(-c2ccccc2)c(Oc2ccccc2)c1CN(Cc1ccco1)C[C@@H](O)COC(C)C. The molecule has 0 fully saturated rings. The highest BCUT2D eigenvalue weighted by Crippen LogP contribution is 2.32. The molecule has 0 aliphatic heterocycles. The van der Waals surface area contributed by atoms with Gasteiger partial charge in [-0.3, -0.25) is 4.90 Å². The second kappa shape index (κ2) is 11.8. The number of hydrogen-bond donors (Lipinski definition) is 1. The molecular formula is C28H33N3O4. The lowest BCUT2D eigenvalue weighted by molar-refractivity contribution is -0.0114. The molecule has 7 nitrogen and oxygen atoms in total. The summed E-state index contributed by atoms with van der Waals surface area (Å²) in [6.07, 6.45) is 1.07. The molecule has 0 saturated carbocycles. The van der Waals surface area contributed by atoms with E-state index in [1.54, 1.807) is 6.26 Å². The molecule has 184 valence electrons. The Morgan fingerprint density at radius 1 is 0.971 bits per heavy atom. The van der Waals surface area contributed by atoms with Gasteiger partial charge in [0.2, 0.25) is 5.88 Å². The van der Waals surface area contributed by atoms with Crippen LogP contribution in [0.15, 0.2) is 83.5 Å². The van der Waals surface area contributed by atoms with Crippen LogP contribution in [0.5, 0.6) is 11.6 Å². The molecule has 0 bridgehead atoms. The molecule has 0 aliphatic rings. The molecule has 0 aliphatic carbocycles. The second-order valence-electron chi connectivity index (χ2n) is 8.82. The molecule has 1 N–H and O–H groups in total. The van der Waals surface area contributed by atoms with Gasteiger partial charge in [-0.15, -0.1) is 0 Å². The Morgan fingerprint density at radius 2 is 1.69 bits per heavy atom. The molecule has 35 heavy (non-hydrogen) atoms. The van der Waals surface area contributed by atoms with E-state index in [9.17, 15) is 5.11 Å². The van der Waals surface area contributed by atoms with E-state index < -0.39 is 6.10 Å². The minimum absolute atomic E-state index is 0.0559. The molecule has 0 unspecified atom stereocenters. The van der Waals surface area contributed by atoms with Crippen LogP contribution in [0.1, 0.15) is 30.9 Å². The number of aliphatic hydroxyl groups is 1. The fourth-order valence-corrected chi connectivity index (χ4v) is 3.86. The van der Waals surface area contributed by atoms with Crippen molar-refractivity contribution in [2.24, 2.45) is 0 Å². The number of rotatable bonds is 12. The van der Waals surface area contributed by atoms with Crippen molar-refractivity contribution in [2.45, 2.75) is 46.1 Å². The monoisotopic (exact) mass is 475 g/mol. The number of aryl methyl sites for hydroxylation is 1. The first-order valence-electron chi connectivity index (χ1n) is 11.9. The fraction of sp³-hybridized carbons (Fsp3) is 0.321. The highest BCUT2D eigenvalue weighted by molar-refractivity contribution is 5.43. The van der Waals surface area contributed by atoms with Gasteiger partial charge in [-0.1, -0.05) is 36.4 Å². The lowest BCUT2D eigenvalue weighted by Crippen LogP contribution is -2.35. The van der Waals surface area contributed by atoms with Gasteiger partial charge in [0.25, 0.3) is 0 Å². The molecule has 0 spiro atoms. The molecule has 2 aromatic heterocycles. The van der Waals surface area contributed by atoms with E-state index >= 15 is 0 Å². The van der Waals surface area contributed by atoms with Gasteiger partial charge in [0.1, 0.15) is 11.5 Å². The molecule has 7 heteroatoms. The topological polar surface area (TPSA) is 72.9 Å². The third kappa shape index (κ3) is 6.82. The average molecular weight is 476 g/mol. The first kappa shape index (κ1) is 24.7. The number of furan rings is 1. The standard InChI is InChI=1S/C28H33N3O4/c1-21(2)34-20-24(32)17-30(18-26-15-10-16-33-26)19-27-22(3)29-31(23-11-6-4-7-12-23)28(27)35-25-13-8-5-9-14-25/h4-16,21,24,32H,17-20H2,1-3H3/t24-/m1/s1. The molecule has 4 aromatic rings. The summed E-state index contributed by atoms with van der Waals surface area (Å²) in [5.41, 5.74) is 2.72. The first-order valence-corrected chi connectivity index (χ1v) is 11.9. The maximum atomic E-state index is 10.7. The highest BCUT2D eigenvalue weighted by Gasteiger charge is 2.23. The summed E-state index contributed by atoms with van der Waals surface area (Å²) in [5.74, 6) is 2.20. The highest BCUT2D eigenvalue weighted by atomic mass is 16.5. The number of para-hydroxylation sites is 2. The van der Waals surface area contributed by atoms with E-state index in [1.807, 2.05) is 98.2 Å². The average Bonchev–Trinajstić information content (AvgIpc) is 3.47. The summed E-state index contributed by atoms with van der Waals surface area (Å²) < 4.78 is 19.5. The number of hydrogen-bond acceptors (Lipinski definition) is 6. The lowest BCUT2D eigenvalue weighted by Gasteiger charge is -2.25. The van der Waals surface area contributed by atoms with Crippen LogP contribution in [0.3, 0.4) is 0 Å². The number of aliphatic hydroxyl groups excluding tert-OH is 1. The fourth-order valence-electron chi connectivity index (χ4n) is 3.86. The summed E-state index contributed by atoms with van der Waals surface area (Å²) >= 11 is 0. The van der Waals surface area contributed by atoms with E-state index in [4.69, 9.17) is 19.0 Å². The van der Waals surface area contributed by atoms with Gasteiger partial charge >= 0.3 is 0 Å². The smallest absolute Gasteiger partial charge is 0.227 e. The van der Waals surface area contributed by atoms with Gasteiger partial charge in [-0.05, 0) is 57.2 Å². The molecule has 0 saturated heterocycles. The Hall–Kier alpha value is -3.39. The third-order valence-electron chi connectivity index (χ3n) is 5.53. The van der Waals surface area contributed by atoms with Crippen LogP contribution in [0, 0.1) is 6.92 Å². The predicted octanol–water partition coefficient (Wildman–Crippen LogP) is 5.35. The van der Waals surface area contributed by atoms with Crippen LogP contribution < -0.4 is 4.74 Å². The third-order valence-corrected chi connectivity index (χ3v) is 5.53. The summed E-state index contributed by atoms with van der Waals surface area (Å²) in [4.78, 5) is 2.13. The largest absolute Gasteiger partial charge is 0.468 e. The van der Waals surface area contributed by atoms with E-state index in [0.29, 0.717) is 25.5 Å². The van der Waals surface area contributed by atoms with Gasteiger partial charge in [-0.2, -0.15) is 5.10 Å². The van der Waals surface area contributed by atoms with Crippen LogP contribution >= 0.6 is 0 Å². The molecule has 1 atom stereocenters. The van der Waals surface area contributed by atoms with Gasteiger partial charge in [-0.25, -0.2) is 4.68 Å². The van der Waals surface area contributed by atoms with E-state index in [-0.39, 0.29) is 12.7 Å². The first-order chi connectivity index (χ1) is 17.0. The summed E-state index contributed by atoms with van der Waals surface area (Å²) in [6, 6.07) is 23.4. The zero-order valence-corrected chi connectivity index (χ0v) is 20.5. The molecule has 4 rings (SSSR count). The van der Waals surface area contributed by atoms with Gasteiger partial charge < -0.3 is 19.0 Å². The van der Waals surface area contributed by atoms with Crippen molar-refractivity contribution in [1.29, 1.82) is 0 Å². The van der Waals surface area contributed by atoms with Crippen LogP contribution in [0.2, 0.25) is 0 Å². The second-order valence-corrected chi connectivity index (χ2v) is 8.82. The minimum atomic E-state index is -0.643. The maximum absolute atomic E-state index is 10.7. The van der Waals surface area contributed by atoms with Gasteiger partial charge in [0.15, 0.2) is 0 Å².